The minimum atomic E-state index is -4.46. The van der Waals surface area contributed by atoms with Gasteiger partial charge in [0.15, 0.2) is 10.4 Å². The number of amides is 1. The normalized spacial score (nSPS) is 11.4. The van der Waals surface area contributed by atoms with Crippen molar-refractivity contribution >= 4 is 27.5 Å². The number of hydrogen-bond donors (Lipinski definition) is 1. The molecule has 0 spiro atoms. The highest BCUT2D eigenvalue weighted by Crippen LogP contribution is 2.32. The summed E-state index contributed by atoms with van der Waals surface area (Å²) < 4.78 is 43.3. The summed E-state index contributed by atoms with van der Waals surface area (Å²) in [7, 11) is 0. The van der Waals surface area contributed by atoms with Gasteiger partial charge in [-0.1, -0.05) is 6.07 Å². The van der Waals surface area contributed by atoms with Gasteiger partial charge in [0.2, 0.25) is 0 Å². The van der Waals surface area contributed by atoms with Crippen molar-refractivity contribution in [1.29, 1.82) is 0 Å². The minimum absolute atomic E-state index is 0.00804. The van der Waals surface area contributed by atoms with Crippen LogP contribution < -0.4 is 5.32 Å². The maximum Gasteiger partial charge on any atom is 0.416 e. The highest BCUT2D eigenvalue weighted by Gasteiger charge is 2.31. The van der Waals surface area contributed by atoms with Gasteiger partial charge in [-0.05, 0) is 52.7 Å². The van der Waals surface area contributed by atoms with Gasteiger partial charge in [-0.15, -0.1) is 0 Å². The molecular formula is C13H9BrF3NO2. The van der Waals surface area contributed by atoms with E-state index in [1.807, 2.05) is 0 Å². The molecule has 2 aromatic rings. The van der Waals surface area contributed by atoms with Crippen LogP contribution in [-0.2, 0) is 6.18 Å². The average molecular weight is 348 g/mol. The largest absolute Gasteiger partial charge is 0.444 e. The SMILES string of the molecule is Cc1ccc(C(F)(F)F)cc1NC(=O)c1ccc(Br)o1. The van der Waals surface area contributed by atoms with Crippen molar-refractivity contribution in [2.75, 3.05) is 5.32 Å². The molecule has 1 heterocycles. The van der Waals surface area contributed by atoms with E-state index in [0.29, 0.717) is 10.2 Å². The predicted octanol–water partition coefficient (Wildman–Crippen LogP) is 4.62. The molecule has 0 bridgehead atoms. The Balaban J connectivity index is 2.27. The van der Waals surface area contributed by atoms with Gasteiger partial charge in [-0.25, -0.2) is 0 Å². The monoisotopic (exact) mass is 347 g/mol. The van der Waals surface area contributed by atoms with E-state index in [1.165, 1.54) is 18.2 Å². The number of hydrogen-bond acceptors (Lipinski definition) is 2. The summed E-state index contributed by atoms with van der Waals surface area (Å²) in [4.78, 5) is 11.8. The Morgan fingerprint density at radius 2 is 1.95 bits per heavy atom. The first-order valence-corrected chi connectivity index (χ1v) is 6.31. The third kappa shape index (κ3) is 3.22. The van der Waals surface area contributed by atoms with Gasteiger partial charge in [0, 0.05) is 5.69 Å². The van der Waals surface area contributed by atoms with E-state index in [9.17, 15) is 18.0 Å². The lowest BCUT2D eigenvalue weighted by atomic mass is 10.1. The van der Waals surface area contributed by atoms with Crippen LogP contribution >= 0.6 is 15.9 Å². The quantitative estimate of drug-likeness (QED) is 0.860. The van der Waals surface area contributed by atoms with Crippen LogP contribution in [0.15, 0.2) is 39.4 Å². The molecule has 0 atom stereocenters. The number of aryl methyl sites for hydroxylation is 1. The Morgan fingerprint density at radius 1 is 1.25 bits per heavy atom. The molecule has 2 rings (SSSR count). The molecule has 1 N–H and O–H groups in total. The molecule has 0 aliphatic carbocycles. The van der Waals surface area contributed by atoms with Crippen molar-refractivity contribution < 1.29 is 22.4 Å². The fourth-order valence-corrected chi connectivity index (χ4v) is 1.86. The van der Waals surface area contributed by atoms with Crippen LogP contribution in [0, 0.1) is 6.92 Å². The highest BCUT2D eigenvalue weighted by atomic mass is 79.9. The lowest BCUT2D eigenvalue weighted by Crippen LogP contribution is -2.13. The molecule has 0 saturated carbocycles. The van der Waals surface area contributed by atoms with Gasteiger partial charge in [0.25, 0.3) is 5.91 Å². The molecule has 0 saturated heterocycles. The number of alkyl halides is 3. The first-order chi connectivity index (χ1) is 9.27. The first-order valence-electron chi connectivity index (χ1n) is 5.52. The molecule has 0 aliphatic heterocycles. The maximum atomic E-state index is 12.6. The molecule has 3 nitrogen and oxygen atoms in total. The molecule has 7 heteroatoms. The molecule has 1 aromatic carbocycles. The van der Waals surface area contributed by atoms with E-state index in [0.717, 1.165) is 12.1 Å². The average Bonchev–Trinajstić information content (AvgIpc) is 2.77. The Morgan fingerprint density at radius 3 is 2.50 bits per heavy atom. The van der Waals surface area contributed by atoms with Crippen molar-refractivity contribution in [2.24, 2.45) is 0 Å². The van der Waals surface area contributed by atoms with E-state index >= 15 is 0 Å². The number of carbonyl (C=O) groups is 1. The molecule has 20 heavy (non-hydrogen) atoms. The summed E-state index contributed by atoms with van der Waals surface area (Å²) in [5, 5.41) is 2.40. The van der Waals surface area contributed by atoms with Crippen LogP contribution in [0.2, 0.25) is 0 Å². The van der Waals surface area contributed by atoms with Crippen LogP contribution in [0.3, 0.4) is 0 Å². The predicted molar refractivity (Wildman–Crippen MR) is 70.5 cm³/mol. The molecule has 0 unspecified atom stereocenters. The van der Waals surface area contributed by atoms with E-state index in [-0.39, 0.29) is 11.4 Å². The van der Waals surface area contributed by atoms with Crippen LogP contribution in [0.5, 0.6) is 0 Å². The number of anilines is 1. The second-order valence-corrected chi connectivity index (χ2v) is 4.87. The van der Waals surface area contributed by atoms with E-state index in [4.69, 9.17) is 4.42 Å². The lowest BCUT2D eigenvalue weighted by Gasteiger charge is -2.11. The number of nitrogens with one attached hydrogen (secondary N) is 1. The maximum absolute atomic E-state index is 12.6. The summed E-state index contributed by atoms with van der Waals surface area (Å²) >= 11 is 3.04. The third-order valence-corrected chi connectivity index (χ3v) is 3.04. The molecule has 106 valence electrons. The third-order valence-electron chi connectivity index (χ3n) is 2.61. The van der Waals surface area contributed by atoms with Crippen molar-refractivity contribution in [2.45, 2.75) is 13.1 Å². The van der Waals surface area contributed by atoms with Crippen LogP contribution in [0.1, 0.15) is 21.7 Å². The summed E-state index contributed by atoms with van der Waals surface area (Å²) in [5.74, 6) is -0.605. The zero-order chi connectivity index (χ0) is 14.9. The fraction of sp³-hybridized carbons (Fsp3) is 0.154. The summed E-state index contributed by atoms with van der Waals surface area (Å²) in [6, 6.07) is 6.10. The second-order valence-electron chi connectivity index (χ2n) is 4.09. The smallest absolute Gasteiger partial charge is 0.416 e. The molecular weight excluding hydrogens is 339 g/mol. The van der Waals surface area contributed by atoms with Gasteiger partial charge in [0.1, 0.15) is 0 Å². The Kier molecular flexibility index (Phi) is 3.89. The van der Waals surface area contributed by atoms with Gasteiger partial charge in [0.05, 0.1) is 5.56 Å². The van der Waals surface area contributed by atoms with E-state index in [1.54, 1.807) is 6.92 Å². The summed E-state index contributed by atoms with van der Waals surface area (Å²) in [6.45, 7) is 1.60. The zero-order valence-electron chi connectivity index (χ0n) is 10.2. The summed E-state index contributed by atoms with van der Waals surface area (Å²) in [6.07, 6.45) is -4.46. The van der Waals surface area contributed by atoms with Crippen molar-refractivity contribution in [3.63, 3.8) is 0 Å². The number of benzene rings is 1. The van der Waals surface area contributed by atoms with Crippen LogP contribution in [-0.4, -0.2) is 5.91 Å². The lowest BCUT2D eigenvalue weighted by molar-refractivity contribution is -0.137. The Hall–Kier alpha value is -1.76. The van der Waals surface area contributed by atoms with Crippen LogP contribution in [0.25, 0.3) is 0 Å². The van der Waals surface area contributed by atoms with Crippen molar-refractivity contribution in [3.05, 3.63) is 51.9 Å². The van der Waals surface area contributed by atoms with Gasteiger partial charge >= 0.3 is 6.18 Å². The standard InChI is InChI=1S/C13H9BrF3NO2/c1-7-2-3-8(13(15,16)17)6-9(7)18-12(19)10-4-5-11(14)20-10/h2-6H,1H3,(H,18,19). The molecule has 1 aromatic heterocycles. The van der Waals surface area contributed by atoms with E-state index < -0.39 is 17.6 Å². The summed E-state index contributed by atoms with van der Waals surface area (Å²) in [5.41, 5.74) is -0.201. The first kappa shape index (κ1) is 14.6. The van der Waals surface area contributed by atoms with E-state index in [2.05, 4.69) is 21.2 Å². The topological polar surface area (TPSA) is 42.2 Å². The van der Waals surface area contributed by atoms with Crippen molar-refractivity contribution in [1.82, 2.24) is 0 Å². The van der Waals surface area contributed by atoms with Gasteiger partial charge in [-0.3, -0.25) is 4.79 Å². The number of halogens is 4. The Labute approximate surface area is 120 Å². The van der Waals surface area contributed by atoms with Gasteiger partial charge < -0.3 is 9.73 Å². The number of rotatable bonds is 2. The van der Waals surface area contributed by atoms with Gasteiger partial charge in [-0.2, -0.15) is 13.2 Å². The molecule has 0 aliphatic rings. The zero-order valence-corrected chi connectivity index (χ0v) is 11.8. The Bertz CT molecular complexity index is 649. The van der Waals surface area contributed by atoms with Crippen molar-refractivity contribution in [3.8, 4) is 0 Å². The van der Waals surface area contributed by atoms with Crippen LogP contribution in [0.4, 0.5) is 18.9 Å². The fourth-order valence-electron chi connectivity index (χ4n) is 1.55. The second kappa shape index (κ2) is 5.32. The highest BCUT2D eigenvalue weighted by molar-refractivity contribution is 9.10. The number of carbonyl (C=O) groups excluding carboxylic acids is 1. The minimum Gasteiger partial charge on any atom is -0.444 e. The molecule has 0 fully saturated rings. The molecule has 0 radical (unpaired) electrons. The number of furan rings is 1. The molecule has 1 amide bonds.